The smallest absolute Gasteiger partial charge is 0.120 e. The molecule has 3 aromatic rings. The van der Waals surface area contributed by atoms with Gasteiger partial charge in [0.15, 0.2) is 0 Å². The summed E-state index contributed by atoms with van der Waals surface area (Å²) in [5.74, 6) is 0.621. The molecule has 0 spiro atoms. The number of thiophene rings is 1. The van der Waals surface area contributed by atoms with Crippen molar-refractivity contribution in [3.63, 3.8) is 0 Å². The summed E-state index contributed by atoms with van der Waals surface area (Å²) >= 11 is 1.63. The summed E-state index contributed by atoms with van der Waals surface area (Å²) in [4.78, 5) is 1.10. The van der Waals surface area contributed by atoms with Gasteiger partial charge in [-0.1, -0.05) is 12.1 Å². The summed E-state index contributed by atoms with van der Waals surface area (Å²) in [6.07, 6.45) is -1.09. The van der Waals surface area contributed by atoms with Crippen molar-refractivity contribution < 1.29 is 14.2 Å². The number of nitrogen functional groups attached to an aromatic ring is 1. The van der Waals surface area contributed by atoms with E-state index >= 15 is 0 Å². The number of aliphatic hydroxyl groups excluding tert-OH is 1. The topological polar surface area (TPSA) is 55.5 Å². The predicted octanol–water partition coefficient (Wildman–Crippen LogP) is 4.17. The number of rotatable bonds is 5. The van der Waals surface area contributed by atoms with Crippen LogP contribution in [0, 0.1) is 6.92 Å². The quantitative estimate of drug-likeness (QED) is 0.690. The van der Waals surface area contributed by atoms with E-state index in [2.05, 4.69) is 6.07 Å². The molecule has 0 amide bonds. The Kier molecular flexibility index (Phi) is 4.50. The van der Waals surface area contributed by atoms with Gasteiger partial charge in [-0.15, -0.1) is 11.3 Å². The van der Waals surface area contributed by atoms with Crippen LogP contribution in [0.25, 0.3) is 20.5 Å². The lowest BCUT2D eigenvalue weighted by atomic mass is 10.1. The Balaban J connectivity index is 1.90. The maximum absolute atomic E-state index is 12.3. The maximum atomic E-state index is 12.3. The standard InChI is InChI=1S/C18H18FNO2S/c1-11-2-5-15(16(20)6-11)18-7-12-3-4-14(8-17(12)23-18)22-10-13(21)9-19/h2-8,13,21H,9-10,20H2,1H3. The first-order valence-electron chi connectivity index (χ1n) is 7.34. The molecule has 0 aliphatic rings. The summed E-state index contributed by atoms with van der Waals surface area (Å²) in [7, 11) is 0. The molecule has 1 aromatic heterocycles. The number of anilines is 1. The van der Waals surface area contributed by atoms with Crippen molar-refractivity contribution in [2.24, 2.45) is 0 Å². The van der Waals surface area contributed by atoms with Crippen molar-refractivity contribution in [1.82, 2.24) is 0 Å². The molecule has 3 rings (SSSR count). The van der Waals surface area contributed by atoms with Crippen LogP contribution < -0.4 is 10.5 Å². The van der Waals surface area contributed by atoms with E-state index < -0.39 is 12.8 Å². The van der Waals surface area contributed by atoms with Crippen molar-refractivity contribution in [3.8, 4) is 16.2 Å². The number of ether oxygens (including phenoxy) is 1. The SMILES string of the molecule is Cc1ccc(-c2cc3ccc(OCC(O)CF)cc3s2)c(N)c1. The largest absolute Gasteiger partial charge is 0.491 e. The maximum Gasteiger partial charge on any atom is 0.120 e. The van der Waals surface area contributed by atoms with Crippen LogP contribution in [-0.4, -0.2) is 24.5 Å². The third-order valence-electron chi connectivity index (χ3n) is 3.58. The highest BCUT2D eigenvalue weighted by Gasteiger charge is 2.09. The lowest BCUT2D eigenvalue weighted by Gasteiger charge is -2.08. The highest BCUT2D eigenvalue weighted by atomic mass is 32.1. The molecule has 0 bridgehead atoms. The number of alkyl halides is 1. The van der Waals surface area contributed by atoms with E-state index in [1.165, 1.54) is 0 Å². The van der Waals surface area contributed by atoms with Gasteiger partial charge in [-0.3, -0.25) is 0 Å². The second-order valence-electron chi connectivity index (χ2n) is 5.52. The Bertz CT molecular complexity index is 831. The van der Waals surface area contributed by atoms with Crippen LogP contribution in [0.15, 0.2) is 42.5 Å². The predicted molar refractivity (Wildman–Crippen MR) is 93.9 cm³/mol. The van der Waals surface area contributed by atoms with Crippen LogP contribution in [0.3, 0.4) is 0 Å². The average Bonchev–Trinajstić information content (AvgIpc) is 2.95. The number of fused-ring (bicyclic) bond motifs is 1. The zero-order valence-electron chi connectivity index (χ0n) is 12.8. The first-order chi connectivity index (χ1) is 11.1. The molecule has 0 radical (unpaired) electrons. The fraction of sp³-hybridized carbons (Fsp3) is 0.222. The van der Waals surface area contributed by atoms with Gasteiger partial charge in [0.05, 0.1) is 0 Å². The molecule has 23 heavy (non-hydrogen) atoms. The molecule has 1 heterocycles. The number of aliphatic hydroxyl groups is 1. The summed E-state index contributed by atoms with van der Waals surface area (Å²) < 4.78 is 18.7. The van der Waals surface area contributed by atoms with Crippen molar-refractivity contribution in [2.75, 3.05) is 19.0 Å². The van der Waals surface area contributed by atoms with E-state index in [-0.39, 0.29) is 6.61 Å². The van der Waals surface area contributed by atoms with Gasteiger partial charge >= 0.3 is 0 Å². The van der Waals surface area contributed by atoms with E-state index in [4.69, 9.17) is 10.5 Å². The van der Waals surface area contributed by atoms with Crippen LogP contribution in [0.5, 0.6) is 5.75 Å². The van der Waals surface area contributed by atoms with Crippen molar-refractivity contribution >= 4 is 27.1 Å². The van der Waals surface area contributed by atoms with Crippen molar-refractivity contribution in [3.05, 3.63) is 48.0 Å². The molecule has 0 saturated carbocycles. The highest BCUT2D eigenvalue weighted by molar-refractivity contribution is 7.22. The Labute approximate surface area is 138 Å². The van der Waals surface area contributed by atoms with E-state index in [1.807, 2.05) is 43.3 Å². The Hall–Kier alpha value is -2.11. The molecule has 2 aromatic carbocycles. The molecule has 0 fully saturated rings. The number of hydrogen-bond acceptors (Lipinski definition) is 4. The average molecular weight is 331 g/mol. The van der Waals surface area contributed by atoms with Crippen LogP contribution in [0.4, 0.5) is 10.1 Å². The van der Waals surface area contributed by atoms with E-state index in [0.29, 0.717) is 5.75 Å². The van der Waals surface area contributed by atoms with Crippen LogP contribution in [0.2, 0.25) is 0 Å². The van der Waals surface area contributed by atoms with Gasteiger partial charge in [-0.25, -0.2) is 4.39 Å². The minimum atomic E-state index is -1.09. The molecule has 0 aliphatic heterocycles. The lowest BCUT2D eigenvalue weighted by Crippen LogP contribution is -2.19. The Morgan fingerprint density at radius 2 is 2.04 bits per heavy atom. The monoisotopic (exact) mass is 331 g/mol. The fourth-order valence-electron chi connectivity index (χ4n) is 2.38. The first kappa shape index (κ1) is 15.8. The molecular weight excluding hydrogens is 313 g/mol. The number of hydrogen-bond donors (Lipinski definition) is 2. The summed E-state index contributed by atoms with van der Waals surface area (Å²) in [6.45, 7) is 1.16. The van der Waals surface area contributed by atoms with Crippen molar-refractivity contribution in [2.45, 2.75) is 13.0 Å². The zero-order valence-corrected chi connectivity index (χ0v) is 13.6. The van der Waals surface area contributed by atoms with Gasteiger partial charge in [-0.2, -0.15) is 0 Å². The van der Waals surface area contributed by atoms with Gasteiger partial charge in [-0.05, 0) is 48.2 Å². The van der Waals surface area contributed by atoms with Crippen LogP contribution >= 0.6 is 11.3 Å². The fourth-order valence-corrected chi connectivity index (χ4v) is 3.52. The molecule has 3 N–H and O–H groups in total. The second-order valence-corrected chi connectivity index (χ2v) is 6.60. The molecular formula is C18H18FNO2S. The molecule has 1 atom stereocenters. The number of halogens is 1. The minimum absolute atomic E-state index is 0.0504. The van der Waals surface area contributed by atoms with Gasteiger partial charge < -0.3 is 15.6 Å². The highest BCUT2D eigenvalue weighted by Crippen LogP contribution is 2.37. The van der Waals surface area contributed by atoms with Crippen LogP contribution in [0.1, 0.15) is 5.56 Å². The molecule has 0 saturated heterocycles. The van der Waals surface area contributed by atoms with Gasteiger partial charge in [0.2, 0.25) is 0 Å². The number of benzene rings is 2. The molecule has 0 aliphatic carbocycles. The van der Waals surface area contributed by atoms with Gasteiger partial charge in [0.25, 0.3) is 0 Å². The summed E-state index contributed by atoms with van der Waals surface area (Å²) in [5, 5.41) is 10.3. The van der Waals surface area contributed by atoms with Gasteiger partial charge in [0.1, 0.15) is 25.1 Å². The zero-order chi connectivity index (χ0) is 16.4. The molecule has 1 unspecified atom stereocenters. The lowest BCUT2D eigenvalue weighted by molar-refractivity contribution is 0.0842. The van der Waals surface area contributed by atoms with Crippen LogP contribution in [-0.2, 0) is 0 Å². The minimum Gasteiger partial charge on any atom is -0.491 e. The second kappa shape index (κ2) is 6.56. The number of nitrogens with two attached hydrogens (primary N) is 1. The molecule has 3 nitrogen and oxygen atoms in total. The van der Waals surface area contributed by atoms with Gasteiger partial charge in [0, 0.05) is 20.8 Å². The Morgan fingerprint density at radius 1 is 1.22 bits per heavy atom. The molecule has 120 valence electrons. The summed E-state index contributed by atoms with van der Waals surface area (Å²) in [6, 6.07) is 13.8. The third-order valence-corrected chi connectivity index (χ3v) is 4.72. The Morgan fingerprint density at radius 3 is 2.78 bits per heavy atom. The third kappa shape index (κ3) is 3.46. The van der Waals surface area contributed by atoms with Crippen molar-refractivity contribution in [1.29, 1.82) is 0 Å². The van der Waals surface area contributed by atoms with E-state index in [1.54, 1.807) is 11.3 Å². The normalized spacial score (nSPS) is 12.5. The van der Waals surface area contributed by atoms with E-state index in [9.17, 15) is 9.50 Å². The summed E-state index contributed by atoms with van der Waals surface area (Å²) in [5.41, 5.74) is 9.04. The number of aryl methyl sites for hydroxylation is 1. The molecule has 5 heteroatoms. The first-order valence-corrected chi connectivity index (χ1v) is 8.15. The van der Waals surface area contributed by atoms with E-state index in [0.717, 1.165) is 31.8 Å².